The maximum absolute atomic E-state index is 12.8. The summed E-state index contributed by atoms with van der Waals surface area (Å²) in [4.78, 5) is 52.9. The van der Waals surface area contributed by atoms with Gasteiger partial charge in [0.05, 0.1) is 7.11 Å². The summed E-state index contributed by atoms with van der Waals surface area (Å²) < 4.78 is 12.8. The molecule has 1 N–H and O–H groups in total. The van der Waals surface area contributed by atoms with E-state index < -0.39 is 42.1 Å². The highest BCUT2D eigenvalue weighted by molar-refractivity contribution is 6.11. The quantitative estimate of drug-likeness (QED) is 0.764. The number of ketones is 2. The summed E-state index contributed by atoms with van der Waals surface area (Å²) in [6.07, 6.45) is -0.147. The molecular formula is C16H17FN2O5. The van der Waals surface area contributed by atoms with Gasteiger partial charge in [-0.25, -0.2) is 9.45 Å². The third kappa shape index (κ3) is 3.65. The second-order valence-electron chi connectivity index (χ2n) is 5.22. The molecule has 1 saturated heterocycles. The summed E-state index contributed by atoms with van der Waals surface area (Å²) in [7, 11) is 1.16. The van der Waals surface area contributed by atoms with Crippen LogP contribution in [-0.4, -0.2) is 48.3 Å². The molecule has 8 heteroatoms. The van der Waals surface area contributed by atoms with Gasteiger partial charge in [-0.05, 0) is 5.56 Å². The van der Waals surface area contributed by atoms with Crippen LogP contribution in [0.1, 0.15) is 24.4 Å². The lowest BCUT2D eigenvalue weighted by atomic mass is 9.99. The van der Waals surface area contributed by atoms with Crippen LogP contribution in [0, 0.1) is 0 Å². The number of hydrogen-bond donors (Lipinski definition) is 1. The Hall–Kier alpha value is -2.61. The molecule has 2 rings (SSSR count). The molecule has 0 saturated carbocycles. The molecule has 2 amide bonds. The number of Topliss-reactive ketones (excluding diaryl/α,β-unsaturated/α-hetero) is 2. The molecule has 0 aromatic heterocycles. The first-order valence-corrected chi connectivity index (χ1v) is 7.32. The Kier molecular flexibility index (Phi) is 5.75. The topological polar surface area (TPSA) is 92.8 Å². The molecular weight excluding hydrogens is 319 g/mol. The summed E-state index contributed by atoms with van der Waals surface area (Å²) in [5, 5.41) is 3.03. The van der Waals surface area contributed by atoms with Crippen molar-refractivity contribution in [1.29, 1.82) is 0 Å². The number of nitrogens with one attached hydrogen (secondary N) is 1. The van der Waals surface area contributed by atoms with Gasteiger partial charge in [0.1, 0.15) is 6.04 Å². The van der Waals surface area contributed by atoms with Gasteiger partial charge in [-0.2, -0.15) is 0 Å². The molecule has 0 bridgehead atoms. The van der Waals surface area contributed by atoms with Gasteiger partial charge < -0.3 is 5.32 Å². The highest BCUT2D eigenvalue weighted by atomic mass is 19.1. The Morgan fingerprint density at radius 1 is 1.29 bits per heavy atom. The van der Waals surface area contributed by atoms with Gasteiger partial charge in [0.15, 0.2) is 24.3 Å². The number of hydrogen-bond acceptors (Lipinski definition) is 5. The lowest BCUT2D eigenvalue weighted by molar-refractivity contribution is -0.197. The van der Waals surface area contributed by atoms with Crippen molar-refractivity contribution in [1.82, 2.24) is 10.4 Å². The van der Waals surface area contributed by atoms with E-state index in [1.165, 1.54) is 0 Å². The van der Waals surface area contributed by atoms with E-state index in [2.05, 4.69) is 5.32 Å². The Morgan fingerprint density at radius 2 is 1.96 bits per heavy atom. The van der Waals surface area contributed by atoms with Crippen LogP contribution in [-0.2, 0) is 24.0 Å². The standard InChI is InChI=1S/C16H17FN2O5/c1-24-19-13(22)8-7-11(20)15(19)16(23)18-14(12(21)9-17)10-5-3-2-4-6-10/h2-6,14-15H,7-9H2,1H3,(H,18,23)/t14?,15-/m0/s1. The average Bonchev–Trinajstić information content (AvgIpc) is 2.61. The fraction of sp³-hybridized carbons (Fsp3) is 0.375. The summed E-state index contributed by atoms with van der Waals surface area (Å²) in [6, 6.07) is 5.36. The monoisotopic (exact) mass is 336 g/mol. The third-order valence-electron chi connectivity index (χ3n) is 3.69. The zero-order valence-corrected chi connectivity index (χ0v) is 13.0. The highest BCUT2D eigenvalue weighted by Gasteiger charge is 2.41. The lowest BCUT2D eigenvalue weighted by Crippen LogP contribution is -2.57. The largest absolute Gasteiger partial charge is 0.340 e. The summed E-state index contributed by atoms with van der Waals surface area (Å²) in [6.45, 7) is -1.27. The molecule has 0 spiro atoms. The minimum Gasteiger partial charge on any atom is -0.340 e. The molecule has 7 nitrogen and oxygen atoms in total. The van der Waals surface area contributed by atoms with Crippen LogP contribution in [0.2, 0.25) is 0 Å². The van der Waals surface area contributed by atoms with Crippen molar-refractivity contribution in [3.8, 4) is 0 Å². The summed E-state index contributed by atoms with van der Waals surface area (Å²) in [5.74, 6) is -2.75. The van der Waals surface area contributed by atoms with Crippen LogP contribution in [0.25, 0.3) is 0 Å². The van der Waals surface area contributed by atoms with E-state index >= 15 is 0 Å². The minimum atomic E-state index is -1.49. The molecule has 2 atom stereocenters. The Balaban J connectivity index is 2.25. The molecule has 0 radical (unpaired) electrons. The van der Waals surface area contributed by atoms with Crippen molar-refractivity contribution in [3.63, 3.8) is 0 Å². The van der Waals surface area contributed by atoms with Crippen molar-refractivity contribution < 1.29 is 28.4 Å². The van der Waals surface area contributed by atoms with Crippen molar-refractivity contribution in [2.24, 2.45) is 0 Å². The Labute approximate surface area is 137 Å². The maximum Gasteiger partial charge on any atom is 0.254 e. The van der Waals surface area contributed by atoms with E-state index in [0.29, 0.717) is 10.6 Å². The first kappa shape index (κ1) is 17.7. The molecule has 1 aromatic carbocycles. The van der Waals surface area contributed by atoms with E-state index in [9.17, 15) is 23.6 Å². The van der Waals surface area contributed by atoms with E-state index in [1.54, 1.807) is 30.3 Å². The van der Waals surface area contributed by atoms with Crippen LogP contribution in [0.5, 0.6) is 0 Å². The van der Waals surface area contributed by atoms with Crippen LogP contribution in [0.15, 0.2) is 30.3 Å². The highest BCUT2D eigenvalue weighted by Crippen LogP contribution is 2.19. The van der Waals surface area contributed by atoms with Gasteiger partial charge in [0, 0.05) is 12.8 Å². The summed E-state index contributed by atoms with van der Waals surface area (Å²) in [5.41, 5.74) is 0.382. The maximum atomic E-state index is 12.8. The molecule has 0 aliphatic carbocycles. The van der Waals surface area contributed by atoms with Crippen LogP contribution in [0.3, 0.4) is 0 Å². The number of benzene rings is 1. The van der Waals surface area contributed by atoms with Gasteiger partial charge in [-0.15, -0.1) is 0 Å². The molecule has 1 fully saturated rings. The van der Waals surface area contributed by atoms with Gasteiger partial charge in [0.2, 0.25) is 5.91 Å². The van der Waals surface area contributed by atoms with Gasteiger partial charge >= 0.3 is 0 Å². The SMILES string of the molecule is CON1C(=O)CCC(=O)[C@H]1C(=O)NC(C(=O)CF)c1ccccc1. The molecule has 128 valence electrons. The number of piperidine rings is 1. The number of alkyl halides is 1. The molecule has 1 heterocycles. The van der Waals surface area contributed by atoms with Gasteiger partial charge in [-0.3, -0.25) is 24.0 Å². The Bertz CT molecular complexity index is 649. The van der Waals surface area contributed by atoms with Crippen LogP contribution >= 0.6 is 0 Å². The van der Waals surface area contributed by atoms with Crippen LogP contribution < -0.4 is 5.32 Å². The minimum absolute atomic E-state index is 0.0536. The van der Waals surface area contributed by atoms with E-state index in [1.807, 2.05) is 0 Å². The second kappa shape index (κ2) is 7.78. The number of amides is 2. The van der Waals surface area contributed by atoms with Crippen molar-refractivity contribution in [3.05, 3.63) is 35.9 Å². The zero-order valence-electron chi connectivity index (χ0n) is 13.0. The number of rotatable bonds is 6. The fourth-order valence-corrected chi connectivity index (χ4v) is 2.51. The van der Waals surface area contributed by atoms with Crippen molar-refractivity contribution in [2.75, 3.05) is 13.8 Å². The fourth-order valence-electron chi connectivity index (χ4n) is 2.51. The first-order chi connectivity index (χ1) is 11.5. The van der Waals surface area contributed by atoms with Gasteiger partial charge in [0.25, 0.3) is 5.91 Å². The molecule has 1 unspecified atom stereocenters. The lowest BCUT2D eigenvalue weighted by Gasteiger charge is -2.31. The molecule has 1 aliphatic heterocycles. The van der Waals surface area contributed by atoms with Crippen LogP contribution in [0.4, 0.5) is 4.39 Å². The molecule has 1 aliphatic rings. The van der Waals surface area contributed by atoms with Gasteiger partial charge in [-0.1, -0.05) is 30.3 Å². The van der Waals surface area contributed by atoms with Crippen molar-refractivity contribution in [2.45, 2.75) is 24.9 Å². The number of carbonyl (C=O) groups excluding carboxylic acids is 4. The second-order valence-corrected chi connectivity index (χ2v) is 5.22. The first-order valence-electron chi connectivity index (χ1n) is 7.32. The van der Waals surface area contributed by atoms with Crippen molar-refractivity contribution >= 4 is 23.4 Å². The van der Waals surface area contributed by atoms with E-state index in [-0.39, 0.29) is 12.8 Å². The summed E-state index contributed by atoms with van der Waals surface area (Å²) >= 11 is 0. The number of carbonyl (C=O) groups is 4. The number of halogens is 1. The normalized spacial score (nSPS) is 19.1. The zero-order chi connectivity index (χ0) is 17.7. The van der Waals surface area contributed by atoms with E-state index in [0.717, 1.165) is 7.11 Å². The number of nitrogens with zero attached hydrogens (tertiary/aromatic N) is 1. The average molecular weight is 336 g/mol. The smallest absolute Gasteiger partial charge is 0.254 e. The molecule has 1 aromatic rings. The predicted molar refractivity (Wildman–Crippen MR) is 80.2 cm³/mol. The van der Waals surface area contributed by atoms with E-state index in [4.69, 9.17) is 4.84 Å². The number of hydroxylamine groups is 2. The third-order valence-corrected chi connectivity index (χ3v) is 3.69. The Morgan fingerprint density at radius 3 is 2.54 bits per heavy atom. The molecule has 24 heavy (non-hydrogen) atoms. The predicted octanol–water partition coefficient (Wildman–Crippen LogP) is 0.504.